The summed E-state index contributed by atoms with van der Waals surface area (Å²) >= 11 is 0. The molecular weight excluding hydrogens is 558 g/mol. The lowest BCUT2D eigenvalue weighted by Crippen LogP contribution is -2.44. The van der Waals surface area contributed by atoms with E-state index in [2.05, 4.69) is 60.2 Å². The first-order valence-electron chi connectivity index (χ1n) is 13.5. The Balaban J connectivity index is 1.51. The molecule has 1 aromatic carbocycles. The minimum Gasteiger partial charge on any atom is -0.448 e. The van der Waals surface area contributed by atoms with Crippen molar-refractivity contribution < 1.29 is 13.7 Å². The number of benzene rings is 1. The molecule has 1 aliphatic rings. The lowest BCUT2D eigenvalue weighted by Gasteiger charge is -2.34. The van der Waals surface area contributed by atoms with Crippen molar-refractivity contribution in [1.29, 1.82) is 0 Å². The van der Waals surface area contributed by atoms with Crippen LogP contribution in [0.4, 0.5) is 22.1 Å². The van der Waals surface area contributed by atoms with Gasteiger partial charge in [-0.2, -0.15) is 4.98 Å². The molecule has 4 aromatic rings. The van der Waals surface area contributed by atoms with Gasteiger partial charge in [-0.1, -0.05) is 12.1 Å². The second-order valence-corrected chi connectivity index (χ2v) is 12.0. The SMILES string of the molecule is C=CCn1c(=O)c2cnc(Nc3ccc(N4CCN(C)CC4)cc3)nc2n1-c1cccc(S(C)(=O)=NC(=O)OCC)n1. The number of likely N-dealkylation sites (N-methyl/N-ethyl adjacent to an activating group) is 1. The van der Waals surface area contributed by atoms with E-state index in [0.717, 1.165) is 37.6 Å². The molecule has 0 aliphatic carbocycles. The normalized spacial score (nSPS) is 15.3. The van der Waals surface area contributed by atoms with Gasteiger partial charge in [0.05, 0.1) is 13.2 Å². The largest absolute Gasteiger partial charge is 0.448 e. The van der Waals surface area contributed by atoms with Crippen LogP contribution in [0.25, 0.3) is 16.9 Å². The Morgan fingerprint density at radius 3 is 2.57 bits per heavy atom. The number of carbonyl (C=O) groups is 1. The zero-order valence-electron chi connectivity index (χ0n) is 23.8. The molecular formula is C28H33N9O4S. The number of anilines is 3. The predicted octanol–water partition coefficient (Wildman–Crippen LogP) is 3.27. The van der Waals surface area contributed by atoms with Crippen LogP contribution in [0, 0.1) is 0 Å². The summed E-state index contributed by atoms with van der Waals surface area (Å²) in [4.78, 5) is 43.4. The van der Waals surface area contributed by atoms with E-state index in [9.17, 15) is 13.8 Å². The Kier molecular flexibility index (Phi) is 8.36. The smallest absolute Gasteiger partial charge is 0.442 e. The van der Waals surface area contributed by atoms with Gasteiger partial charge in [-0.25, -0.2) is 28.3 Å². The van der Waals surface area contributed by atoms with Gasteiger partial charge < -0.3 is 19.9 Å². The van der Waals surface area contributed by atoms with E-state index in [0.29, 0.717) is 5.65 Å². The van der Waals surface area contributed by atoms with Gasteiger partial charge in [0.15, 0.2) is 11.5 Å². The highest BCUT2D eigenvalue weighted by Gasteiger charge is 2.20. The number of nitrogens with one attached hydrogen (secondary N) is 1. The van der Waals surface area contributed by atoms with Crippen molar-refractivity contribution in [3.05, 3.63) is 71.7 Å². The average molecular weight is 592 g/mol. The molecule has 14 heteroatoms. The summed E-state index contributed by atoms with van der Waals surface area (Å²) in [6, 6.07) is 12.8. The standard InChI is InChI=1S/C28H33N9O4S/c1-5-14-36-26(38)22-19-29-27(30-20-10-12-21(13-11-20)35-17-15-34(3)16-18-35)32-25(22)37(36)23-8-7-9-24(31-23)42(4,40)33-28(39)41-6-2/h5,7-13,19H,1,6,14-18H2,2-4H3,(H,29,30,32). The first-order valence-corrected chi connectivity index (χ1v) is 15.4. The molecule has 0 bridgehead atoms. The van der Waals surface area contributed by atoms with Crippen molar-refractivity contribution in [3.8, 4) is 5.82 Å². The van der Waals surface area contributed by atoms with Crippen molar-refractivity contribution in [1.82, 2.24) is 29.2 Å². The van der Waals surface area contributed by atoms with E-state index >= 15 is 0 Å². The molecule has 1 N–H and O–H groups in total. The molecule has 0 spiro atoms. The molecule has 4 heterocycles. The second kappa shape index (κ2) is 12.1. The third kappa shape index (κ3) is 6.04. The van der Waals surface area contributed by atoms with Crippen LogP contribution in [0.1, 0.15) is 6.92 Å². The van der Waals surface area contributed by atoms with Gasteiger partial charge >= 0.3 is 6.09 Å². The molecule has 13 nitrogen and oxygen atoms in total. The van der Waals surface area contributed by atoms with Crippen LogP contribution in [0.3, 0.4) is 0 Å². The maximum Gasteiger partial charge on any atom is 0.442 e. The van der Waals surface area contributed by atoms with Crippen LogP contribution >= 0.6 is 0 Å². The summed E-state index contributed by atoms with van der Waals surface area (Å²) < 4.78 is 24.7. The van der Waals surface area contributed by atoms with E-state index in [4.69, 9.17) is 4.74 Å². The Bertz CT molecular complexity index is 1800. The van der Waals surface area contributed by atoms with E-state index in [1.165, 1.54) is 27.9 Å². The topological polar surface area (TPSA) is 140 Å². The van der Waals surface area contributed by atoms with Crippen LogP contribution in [0.2, 0.25) is 0 Å². The second-order valence-electron chi connectivity index (χ2n) is 9.81. The van der Waals surface area contributed by atoms with Crippen LogP contribution in [-0.2, 0) is 21.0 Å². The number of amides is 1. The zero-order valence-corrected chi connectivity index (χ0v) is 24.6. The van der Waals surface area contributed by atoms with Crippen molar-refractivity contribution in [2.45, 2.75) is 18.5 Å². The highest BCUT2D eigenvalue weighted by molar-refractivity contribution is 7.93. The number of hydrogen-bond donors (Lipinski definition) is 1. The summed E-state index contributed by atoms with van der Waals surface area (Å²) in [5.41, 5.74) is 1.89. The number of aromatic nitrogens is 5. The van der Waals surface area contributed by atoms with Gasteiger partial charge in [-0.05, 0) is 50.4 Å². The molecule has 42 heavy (non-hydrogen) atoms. The fourth-order valence-electron chi connectivity index (χ4n) is 4.63. The molecule has 0 saturated carbocycles. The molecule has 1 aliphatic heterocycles. The van der Waals surface area contributed by atoms with Crippen LogP contribution in [0.5, 0.6) is 0 Å². The van der Waals surface area contributed by atoms with Crippen LogP contribution in [-0.4, -0.2) is 85.6 Å². The Hall–Kier alpha value is -4.56. The van der Waals surface area contributed by atoms with E-state index < -0.39 is 15.8 Å². The predicted molar refractivity (Wildman–Crippen MR) is 162 cm³/mol. The molecule has 1 saturated heterocycles. The number of rotatable bonds is 8. The van der Waals surface area contributed by atoms with E-state index in [-0.39, 0.29) is 40.9 Å². The van der Waals surface area contributed by atoms with Crippen LogP contribution in [0.15, 0.2) is 75.5 Å². The molecule has 3 aromatic heterocycles. The number of fused-ring (bicyclic) bond motifs is 1. The number of nitrogens with zero attached hydrogens (tertiary/aromatic N) is 8. The summed E-state index contributed by atoms with van der Waals surface area (Å²) in [5.74, 6) is 0.545. The maximum absolute atomic E-state index is 13.3. The molecule has 1 fully saturated rings. The van der Waals surface area contributed by atoms with Crippen molar-refractivity contribution in [2.24, 2.45) is 4.36 Å². The Labute approximate surface area is 243 Å². The highest BCUT2D eigenvalue weighted by Crippen LogP contribution is 2.23. The lowest BCUT2D eigenvalue weighted by molar-refractivity contribution is 0.164. The molecule has 220 valence electrons. The number of carbonyl (C=O) groups excluding carboxylic acids is 1. The monoisotopic (exact) mass is 591 g/mol. The zero-order chi connectivity index (χ0) is 29.9. The first kappa shape index (κ1) is 29.0. The summed E-state index contributed by atoms with van der Waals surface area (Å²) in [6.07, 6.45) is 3.41. The maximum atomic E-state index is 13.3. The molecule has 1 atom stereocenters. The quantitative estimate of drug-likeness (QED) is 0.304. The first-order chi connectivity index (χ1) is 20.2. The van der Waals surface area contributed by atoms with Crippen molar-refractivity contribution in [3.63, 3.8) is 0 Å². The van der Waals surface area contributed by atoms with Crippen molar-refractivity contribution >= 4 is 44.2 Å². The van der Waals surface area contributed by atoms with Gasteiger partial charge in [-0.15, -0.1) is 10.9 Å². The Morgan fingerprint density at radius 2 is 1.88 bits per heavy atom. The summed E-state index contributed by atoms with van der Waals surface area (Å²) in [5, 5.41) is 3.54. The van der Waals surface area contributed by atoms with Crippen LogP contribution < -0.4 is 15.8 Å². The average Bonchev–Trinajstić information content (AvgIpc) is 3.24. The molecule has 5 rings (SSSR count). The fraction of sp³-hybridized carbons (Fsp3) is 0.321. The third-order valence-corrected chi connectivity index (χ3v) is 8.30. The molecule has 0 radical (unpaired) electrons. The van der Waals surface area contributed by atoms with Gasteiger partial charge in [0.25, 0.3) is 5.56 Å². The molecule has 1 amide bonds. The van der Waals surface area contributed by atoms with Gasteiger partial charge in [0, 0.05) is 50.0 Å². The van der Waals surface area contributed by atoms with Crippen molar-refractivity contribution in [2.75, 3.05) is 56.3 Å². The number of piperazine rings is 1. The minimum absolute atomic E-state index is 0.0559. The number of allylic oxidation sites excluding steroid dienone is 1. The van der Waals surface area contributed by atoms with Gasteiger partial charge in [0.2, 0.25) is 5.95 Å². The number of hydrogen-bond acceptors (Lipinski definition) is 10. The van der Waals surface area contributed by atoms with E-state index in [1.807, 2.05) is 12.1 Å². The fourth-order valence-corrected chi connectivity index (χ4v) is 5.65. The van der Waals surface area contributed by atoms with E-state index in [1.54, 1.807) is 25.1 Å². The number of pyridine rings is 1. The summed E-state index contributed by atoms with van der Waals surface area (Å²) in [6.45, 7) is 9.65. The van der Waals surface area contributed by atoms with Gasteiger partial charge in [0.1, 0.15) is 20.1 Å². The minimum atomic E-state index is -3.23. The van der Waals surface area contributed by atoms with Gasteiger partial charge in [-0.3, -0.25) is 4.79 Å². The Morgan fingerprint density at radius 1 is 1.14 bits per heavy atom. The summed E-state index contributed by atoms with van der Waals surface area (Å²) in [7, 11) is -1.10. The highest BCUT2D eigenvalue weighted by atomic mass is 32.2. The third-order valence-electron chi connectivity index (χ3n) is 6.80. The lowest BCUT2D eigenvalue weighted by atomic mass is 10.2. The molecule has 1 unspecified atom stereocenters. The number of ether oxygens (including phenoxy) is 1.